The van der Waals surface area contributed by atoms with E-state index in [1.165, 1.54) is 0 Å². The Bertz CT molecular complexity index is 1160. The highest BCUT2D eigenvalue weighted by molar-refractivity contribution is 5.90. The zero-order chi connectivity index (χ0) is 34.7. The summed E-state index contributed by atoms with van der Waals surface area (Å²) < 4.78 is 27.6. The van der Waals surface area contributed by atoms with E-state index >= 15 is 0 Å². The highest BCUT2D eigenvalue weighted by Gasteiger charge is 2.56. The molecule has 0 radical (unpaired) electrons. The Morgan fingerprint density at radius 2 is 1.74 bits per heavy atom. The molecule has 0 amide bonds. The first-order valence-electron chi connectivity index (χ1n) is 16.4. The van der Waals surface area contributed by atoms with Gasteiger partial charge in [0.15, 0.2) is 6.29 Å². The molecule has 13 atom stereocenters. The fourth-order valence-corrected chi connectivity index (χ4v) is 7.95. The number of hydrogen-bond donors (Lipinski definition) is 7. The number of carbonyl (C=O) groups excluding carboxylic acids is 2. The summed E-state index contributed by atoms with van der Waals surface area (Å²) in [5, 5.41) is 71.7. The van der Waals surface area contributed by atoms with E-state index in [0.29, 0.717) is 30.8 Å². The molecule has 3 fully saturated rings. The lowest BCUT2D eigenvalue weighted by molar-refractivity contribution is -0.344. The molecule has 2 aliphatic carbocycles. The minimum Gasteiger partial charge on any atom is -0.463 e. The summed E-state index contributed by atoms with van der Waals surface area (Å²) in [6, 6.07) is 0. The zero-order valence-electron chi connectivity index (χ0n) is 27.6. The van der Waals surface area contributed by atoms with Crippen LogP contribution in [0.4, 0.5) is 0 Å². The maximum atomic E-state index is 14.0. The van der Waals surface area contributed by atoms with Gasteiger partial charge in [0.2, 0.25) is 6.29 Å². The van der Waals surface area contributed by atoms with Crippen molar-refractivity contribution < 1.29 is 69.0 Å². The van der Waals surface area contributed by atoms with Crippen molar-refractivity contribution in [2.24, 2.45) is 22.7 Å². The van der Waals surface area contributed by atoms with Crippen LogP contribution in [0.1, 0.15) is 66.2 Å². The predicted octanol–water partition coefficient (Wildman–Crippen LogP) is -0.166. The van der Waals surface area contributed by atoms with E-state index in [4.69, 9.17) is 23.7 Å². The number of ether oxygens (including phenoxy) is 5. The van der Waals surface area contributed by atoms with Gasteiger partial charge in [0.05, 0.1) is 19.8 Å². The lowest BCUT2D eigenvalue weighted by Gasteiger charge is -2.58. The van der Waals surface area contributed by atoms with Crippen molar-refractivity contribution in [2.45, 2.75) is 122 Å². The number of hydrogen-bond acceptors (Lipinski definition) is 14. The van der Waals surface area contributed by atoms with Crippen molar-refractivity contribution in [1.82, 2.24) is 0 Å². The van der Waals surface area contributed by atoms with Crippen molar-refractivity contribution in [1.29, 1.82) is 0 Å². The molecule has 0 aromatic rings. The fourth-order valence-electron chi connectivity index (χ4n) is 7.95. The van der Waals surface area contributed by atoms with Gasteiger partial charge in [0.25, 0.3) is 0 Å². The third-order valence-electron chi connectivity index (χ3n) is 11.1. The van der Waals surface area contributed by atoms with Gasteiger partial charge in [-0.15, -0.1) is 0 Å². The summed E-state index contributed by atoms with van der Waals surface area (Å²) in [6.45, 7) is 6.48. The normalized spacial score (nSPS) is 42.7. The molecule has 2 saturated heterocycles. The fraction of sp³-hybridized carbons (Fsp3) is 0.818. The SMILES string of the molecule is CC(=O)OCC1OC(OC(=O)C2=CCC[C@H]3[C@](C)(CC/C(=C/CO)CO)[C@@H](C)CC[C@@]23C)C(O)C(OC2OCC(O)C(O)C2O)C1O. The van der Waals surface area contributed by atoms with E-state index in [1.54, 1.807) is 6.08 Å². The molecule has 9 unspecified atom stereocenters. The van der Waals surface area contributed by atoms with Crippen LogP contribution in [0.3, 0.4) is 0 Å². The van der Waals surface area contributed by atoms with E-state index in [2.05, 4.69) is 13.8 Å². The van der Waals surface area contributed by atoms with Gasteiger partial charge in [-0.1, -0.05) is 32.9 Å². The molecule has 14 heteroatoms. The van der Waals surface area contributed by atoms with Gasteiger partial charge < -0.3 is 59.4 Å². The maximum absolute atomic E-state index is 14.0. The number of esters is 2. The Labute approximate surface area is 274 Å². The number of fused-ring (bicyclic) bond motifs is 1. The number of carbonyl (C=O) groups is 2. The van der Waals surface area contributed by atoms with Gasteiger partial charge in [0, 0.05) is 17.9 Å². The molecule has 4 rings (SSSR count). The van der Waals surface area contributed by atoms with Crippen LogP contribution in [-0.4, -0.2) is 129 Å². The van der Waals surface area contributed by atoms with E-state index < -0.39 is 85.9 Å². The molecular weight excluding hydrogens is 620 g/mol. The summed E-state index contributed by atoms with van der Waals surface area (Å²) in [5.41, 5.74) is 0.426. The van der Waals surface area contributed by atoms with Crippen molar-refractivity contribution in [3.05, 3.63) is 23.3 Å². The van der Waals surface area contributed by atoms with Gasteiger partial charge >= 0.3 is 11.9 Å². The molecular formula is C33H52O14. The molecule has 268 valence electrons. The van der Waals surface area contributed by atoms with Gasteiger partial charge in [-0.25, -0.2) is 4.79 Å². The van der Waals surface area contributed by atoms with Crippen molar-refractivity contribution in [3.63, 3.8) is 0 Å². The largest absolute Gasteiger partial charge is 0.463 e. The van der Waals surface area contributed by atoms with Crippen LogP contribution in [0.25, 0.3) is 0 Å². The lowest BCUT2D eigenvalue weighted by atomic mass is 9.46. The first-order valence-corrected chi connectivity index (χ1v) is 16.4. The van der Waals surface area contributed by atoms with Gasteiger partial charge in [-0.05, 0) is 61.3 Å². The first kappa shape index (κ1) is 37.8. The molecule has 0 aromatic heterocycles. The lowest BCUT2D eigenvalue weighted by Crippen LogP contribution is -2.63. The smallest absolute Gasteiger partial charge is 0.336 e. The van der Waals surface area contributed by atoms with Crippen LogP contribution in [0, 0.1) is 22.7 Å². The second-order valence-electron chi connectivity index (χ2n) is 13.9. The Hall–Kier alpha value is -1.98. The molecule has 14 nitrogen and oxygen atoms in total. The van der Waals surface area contributed by atoms with Gasteiger partial charge in [-0.2, -0.15) is 0 Å². The van der Waals surface area contributed by atoms with Gasteiger partial charge in [-0.3, -0.25) is 4.79 Å². The van der Waals surface area contributed by atoms with Crippen molar-refractivity contribution in [3.8, 4) is 0 Å². The first-order chi connectivity index (χ1) is 22.2. The zero-order valence-corrected chi connectivity index (χ0v) is 27.6. The molecule has 1 saturated carbocycles. The summed E-state index contributed by atoms with van der Waals surface area (Å²) >= 11 is 0. The van der Waals surface area contributed by atoms with Crippen molar-refractivity contribution in [2.75, 3.05) is 26.4 Å². The average molecular weight is 673 g/mol. The third-order valence-corrected chi connectivity index (χ3v) is 11.1. The molecule has 0 spiro atoms. The van der Waals surface area contributed by atoms with Crippen LogP contribution in [0.2, 0.25) is 0 Å². The van der Waals surface area contributed by atoms with Gasteiger partial charge in [0.1, 0.15) is 49.3 Å². The topological polar surface area (TPSA) is 222 Å². The molecule has 0 bridgehead atoms. The quantitative estimate of drug-likeness (QED) is 0.112. The Morgan fingerprint density at radius 3 is 2.40 bits per heavy atom. The summed E-state index contributed by atoms with van der Waals surface area (Å²) in [5.74, 6) is -0.978. The minimum atomic E-state index is -1.79. The highest BCUT2D eigenvalue weighted by Crippen LogP contribution is 2.62. The number of aliphatic hydroxyl groups is 7. The molecule has 47 heavy (non-hydrogen) atoms. The Kier molecular flexibility index (Phi) is 12.6. The third kappa shape index (κ3) is 7.93. The summed E-state index contributed by atoms with van der Waals surface area (Å²) in [7, 11) is 0. The second kappa shape index (κ2) is 15.7. The second-order valence-corrected chi connectivity index (χ2v) is 13.9. The van der Waals surface area contributed by atoms with E-state index in [-0.39, 0.29) is 24.5 Å². The van der Waals surface area contributed by atoms with Crippen LogP contribution >= 0.6 is 0 Å². The van der Waals surface area contributed by atoms with Crippen LogP contribution in [0.5, 0.6) is 0 Å². The summed E-state index contributed by atoms with van der Waals surface area (Å²) in [6.07, 6.45) is -6.44. The van der Waals surface area contributed by atoms with Crippen molar-refractivity contribution >= 4 is 11.9 Å². The van der Waals surface area contributed by atoms with Crippen LogP contribution < -0.4 is 0 Å². The van der Waals surface area contributed by atoms with Crippen LogP contribution in [0.15, 0.2) is 23.3 Å². The maximum Gasteiger partial charge on any atom is 0.336 e. The molecule has 0 aromatic carbocycles. The number of rotatable bonds is 11. The van der Waals surface area contributed by atoms with E-state index in [1.807, 2.05) is 13.0 Å². The van der Waals surface area contributed by atoms with E-state index in [9.17, 15) is 45.3 Å². The molecule has 4 aliphatic rings. The Morgan fingerprint density at radius 1 is 1.02 bits per heavy atom. The molecule has 7 N–H and O–H groups in total. The predicted molar refractivity (Wildman–Crippen MR) is 163 cm³/mol. The number of allylic oxidation sites excluding steroid dienone is 1. The summed E-state index contributed by atoms with van der Waals surface area (Å²) in [4.78, 5) is 25.5. The average Bonchev–Trinajstić information content (AvgIpc) is 3.03. The standard InChI is InChI=1S/C33H52O14/c1-17-8-11-33(4)20(6-5-7-23(33)32(17,3)12-9-19(14-35)10-13-34)29(42)47-31-27(41)28(25(39)22(45-31)16-43-18(2)36)46-30-26(40)24(38)21(37)15-44-30/h6,10,17,21-28,30-31,34-35,37-41H,5,7-9,11-16H2,1-4H3/b19-10-/t17-,21?,22?,23-,24?,25?,26?,27?,28?,30?,31?,32+,33-/m0/s1. The molecule has 2 aliphatic heterocycles. The Balaban J connectivity index is 1.55. The molecule has 2 heterocycles. The highest BCUT2D eigenvalue weighted by atomic mass is 16.7. The number of aliphatic hydroxyl groups excluding tert-OH is 7. The monoisotopic (exact) mass is 672 g/mol. The van der Waals surface area contributed by atoms with Crippen LogP contribution in [-0.2, 0) is 33.3 Å². The minimum absolute atomic E-state index is 0.0823. The van der Waals surface area contributed by atoms with E-state index in [0.717, 1.165) is 31.8 Å².